The average Bonchev–Trinajstić information content (AvgIpc) is 2.80. The van der Waals surface area contributed by atoms with Gasteiger partial charge in [-0.2, -0.15) is 13.2 Å². The number of methoxy groups -OCH3 is 1. The molecule has 1 fully saturated rings. The quantitative estimate of drug-likeness (QED) is 0.710. The smallest absolute Gasteiger partial charge is 0.416 e. The Morgan fingerprint density at radius 2 is 2.06 bits per heavy atom. The molecule has 170 valence electrons. The molecule has 0 aliphatic carbocycles. The molecule has 2 aliphatic rings. The van der Waals surface area contributed by atoms with Gasteiger partial charge in [-0.15, -0.1) is 6.58 Å². The highest BCUT2D eigenvalue weighted by molar-refractivity contribution is 5.82. The normalized spacial score (nSPS) is 20.2. The van der Waals surface area contributed by atoms with Gasteiger partial charge in [-0.1, -0.05) is 12.1 Å². The van der Waals surface area contributed by atoms with Gasteiger partial charge in [-0.05, 0) is 42.3 Å². The number of anilines is 2. The molecule has 0 bridgehead atoms. The lowest BCUT2D eigenvalue weighted by atomic mass is 9.82. The Labute approximate surface area is 185 Å². The van der Waals surface area contributed by atoms with Crippen LogP contribution in [0.25, 0.3) is 0 Å². The first kappa shape index (κ1) is 22.0. The highest BCUT2D eigenvalue weighted by Gasteiger charge is 2.42. The van der Waals surface area contributed by atoms with Crippen LogP contribution in [0.5, 0.6) is 5.75 Å². The first-order valence-electron chi connectivity index (χ1n) is 10.6. The number of rotatable bonds is 5. The minimum absolute atomic E-state index is 0.163. The predicted octanol–water partition coefficient (Wildman–Crippen LogP) is 3.88. The second-order valence-corrected chi connectivity index (χ2v) is 8.09. The first-order valence-corrected chi connectivity index (χ1v) is 10.6. The molecule has 2 atom stereocenters. The Bertz CT molecular complexity index is 1010. The summed E-state index contributed by atoms with van der Waals surface area (Å²) in [4.78, 5) is 17.3. The first-order chi connectivity index (χ1) is 15.3. The molecule has 0 spiro atoms. The third kappa shape index (κ3) is 4.26. The van der Waals surface area contributed by atoms with Crippen molar-refractivity contribution in [1.82, 2.24) is 5.32 Å². The van der Waals surface area contributed by atoms with Gasteiger partial charge in [-0.25, -0.2) is 0 Å². The number of benzene rings is 2. The number of halogens is 3. The summed E-state index contributed by atoms with van der Waals surface area (Å²) in [7, 11) is 1.62. The number of hydrogen-bond acceptors (Lipinski definition) is 4. The fourth-order valence-corrected chi connectivity index (χ4v) is 4.64. The second-order valence-electron chi connectivity index (χ2n) is 8.09. The van der Waals surface area contributed by atoms with Crippen LogP contribution >= 0.6 is 0 Å². The Balaban J connectivity index is 1.67. The molecule has 1 N–H and O–H groups in total. The second kappa shape index (κ2) is 8.76. The Kier molecular flexibility index (Phi) is 6.04. The molecule has 2 aromatic rings. The molecule has 8 heteroatoms. The lowest BCUT2D eigenvalue weighted by molar-refractivity contribution is -0.137. The van der Waals surface area contributed by atoms with Crippen LogP contribution < -0.4 is 19.9 Å². The van der Waals surface area contributed by atoms with E-state index in [4.69, 9.17) is 4.74 Å². The summed E-state index contributed by atoms with van der Waals surface area (Å²) in [5.41, 5.74) is 1.65. The Hall–Kier alpha value is -3.16. The molecule has 4 rings (SSSR count). The highest BCUT2D eigenvalue weighted by atomic mass is 19.4. The van der Waals surface area contributed by atoms with Gasteiger partial charge in [0.1, 0.15) is 5.75 Å². The largest absolute Gasteiger partial charge is 0.497 e. The number of nitrogens with one attached hydrogen (secondary N) is 1. The molecule has 2 aromatic carbocycles. The predicted molar refractivity (Wildman–Crippen MR) is 118 cm³/mol. The van der Waals surface area contributed by atoms with E-state index in [1.807, 2.05) is 24.3 Å². The van der Waals surface area contributed by atoms with E-state index in [1.165, 1.54) is 6.07 Å². The third-order valence-electron chi connectivity index (χ3n) is 6.22. The lowest BCUT2D eigenvalue weighted by Crippen LogP contribution is -2.61. The fourth-order valence-electron chi connectivity index (χ4n) is 4.64. The zero-order chi connectivity index (χ0) is 22.9. The highest BCUT2D eigenvalue weighted by Crippen LogP contribution is 2.40. The topological polar surface area (TPSA) is 44.8 Å². The molecule has 1 amide bonds. The summed E-state index contributed by atoms with van der Waals surface area (Å²) in [6, 6.07) is 11.4. The number of carbonyl (C=O) groups excluding carboxylic acids is 1. The van der Waals surface area contributed by atoms with Crippen LogP contribution in [0.1, 0.15) is 11.1 Å². The van der Waals surface area contributed by atoms with Crippen LogP contribution in [0.4, 0.5) is 24.5 Å². The summed E-state index contributed by atoms with van der Waals surface area (Å²) in [6.45, 7) is 5.82. The third-order valence-corrected chi connectivity index (χ3v) is 6.22. The molecule has 2 heterocycles. The van der Waals surface area contributed by atoms with Crippen LogP contribution in [0.3, 0.4) is 0 Å². The maximum absolute atomic E-state index is 13.3. The minimum atomic E-state index is -4.42. The van der Waals surface area contributed by atoms with Gasteiger partial charge in [0.15, 0.2) is 0 Å². The van der Waals surface area contributed by atoms with Gasteiger partial charge in [0, 0.05) is 43.6 Å². The molecule has 1 saturated heterocycles. The van der Waals surface area contributed by atoms with Crippen molar-refractivity contribution in [1.29, 1.82) is 0 Å². The van der Waals surface area contributed by atoms with Crippen molar-refractivity contribution in [2.75, 3.05) is 43.1 Å². The molecular weight excluding hydrogens is 419 g/mol. The van der Waals surface area contributed by atoms with Gasteiger partial charge >= 0.3 is 6.18 Å². The van der Waals surface area contributed by atoms with E-state index in [2.05, 4.69) is 21.7 Å². The van der Waals surface area contributed by atoms with Crippen LogP contribution in [0.15, 0.2) is 55.1 Å². The van der Waals surface area contributed by atoms with Gasteiger partial charge in [0.25, 0.3) is 0 Å². The summed E-state index contributed by atoms with van der Waals surface area (Å²) in [6.07, 6.45) is -2.56. The summed E-state index contributed by atoms with van der Waals surface area (Å²) < 4.78 is 45.2. The van der Waals surface area contributed by atoms with Crippen LogP contribution in [0, 0.1) is 5.92 Å². The number of alkyl halides is 3. The van der Waals surface area contributed by atoms with E-state index < -0.39 is 17.7 Å². The van der Waals surface area contributed by atoms with Gasteiger partial charge < -0.3 is 19.9 Å². The summed E-state index contributed by atoms with van der Waals surface area (Å²) in [5, 5.41) is 2.84. The minimum Gasteiger partial charge on any atom is -0.497 e. The molecule has 2 aliphatic heterocycles. The van der Waals surface area contributed by atoms with E-state index >= 15 is 0 Å². The van der Waals surface area contributed by atoms with Crippen molar-refractivity contribution in [3.05, 3.63) is 66.2 Å². The van der Waals surface area contributed by atoms with Gasteiger partial charge in [-0.3, -0.25) is 4.79 Å². The van der Waals surface area contributed by atoms with E-state index in [9.17, 15) is 18.0 Å². The zero-order valence-electron chi connectivity index (χ0n) is 17.9. The zero-order valence-corrected chi connectivity index (χ0v) is 17.9. The van der Waals surface area contributed by atoms with Crippen molar-refractivity contribution in [3.8, 4) is 5.75 Å². The number of hydrogen-bond donors (Lipinski definition) is 1. The standard InChI is InChI=1S/C24H26F3N3O2/c1-3-9-28-23(31)20-13-16-12-17(24(25,26)27)7-8-21(16)30-11-10-29(15-22(20)30)18-5-4-6-19(14-18)32-2/h3-8,12,14,20,22H,1,9-11,13,15H2,2H3,(H,28,31)/t20-,22-/m1/s1. The number of ether oxygens (including phenoxy) is 1. The van der Waals surface area contributed by atoms with E-state index in [-0.39, 0.29) is 18.4 Å². The molecule has 32 heavy (non-hydrogen) atoms. The SMILES string of the molecule is C=CCNC(=O)[C@@H]1Cc2cc(C(F)(F)F)ccc2N2CCN(c3cccc(OC)c3)C[C@H]12. The van der Waals surface area contributed by atoms with Crippen molar-refractivity contribution in [3.63, 3.8) is 0 Å². The molecule has 0 aromatic heterocycles. The molecule has 0 radical (unpaired) electrons. The van der Waals surface area contributed by atoms with Crippen molar-refractivity contribution >= 4 is 17.3 Å². The van der Waals surface area contributed by atoms with Crippen molar-refractivity contribution in [2.45, 2.75) is 18.6 Å². The monoisotopic (exact) mass is 445 g/mol. The number of carbonyl (C=O) groups is 1. The van der Waals surface area contributed by atoms with Crippen LogP contribution in [-0.2, 0) is 17.4 Å². The molecule has 0 unspecified atom stereocenters. The Morgan fingerprint density at radius 1 is 1.25 bits per heavy atom. The maximum atomic E-state index is 13.3. The molecule has 5 nitrogen and oxygen atoms in total. The van der Waals surface area contributed by atoms with Crippen molar-refractivity contribution < 1.29 is 22.7 Å². The molecular formula is C24H26F3N3O2. The average molecular weight is 445 g/mol. The van der Waals surface area contributed by atoms with E-state index in [0.29, 0.717) is 31.7 Å². The summed E-state index contributed by atoms with van der Waals surface area (Å²) in [5.74, 6) is 0.105. The van der Waals surface area contributed by atoms with Crippen molar-refractivity contribution in [2.24, 2.45) is 5.92 Å². The van der Waals surface area contributed by atoms with E-state index in [1.54, 1.807) is 19.3 Å². The number of fused-ring (bicyclic) bond motifs is 3. The van der Waals surface area contributed by atoms with E-state index in [0.717, 1.165) is 23.2 Å². The Morgan fingerprint density at radius 3 is 2.78 bits per heavy atom. The number of amides is 1. The lowest BCUT2D eigenvalue weighted by Gasteiger charge is -2.49. The fraction of sp³-hybridized carbons (Fsp3) is 0.375. The summed E-state index contributed by atoms with van der Waals surface area (Å²) >= 11 is 0. The number of nitrogens with zero attached hydrogens (tertiary/aromatic N) is 2. The molecule has 0 saturated carbocycles. The van der Waals surface area contributed by atoms with Gasteiger partial charge in [0.2, 0.25) is 5.91 Å². The van der Waals surface area contributed by atoms with Crippen LogP contribution in [-0.4, -0.2) is 45.2 Å². The van der Waals surface area contributed by atoms with Crippen LogP contribution in [0.2, 0.25) is 0 Å². The maximum Gasteiger partial charge on any atom is 0.416 e. The number of piperazine rings is 1. The van der Waals surface area contributed by atoms with Gasteiger partial charge in [0.05, 0.1) is 24.6 Å².